The Labute approximate surface area is 178 Å². The van der Waals surface area contributed by atoms with Crippen LogP contribution >= 0.6 is 0 Å². The van der Waals surface area contributed by atoms with Crippen molar-refractivity contribution in [3.8, 4) is 40.5 Å². The fraction of sp³-hybridized carbons (Fsp3) is 0.417. The lowest BCUT2D eigenvalue weighted by Crippen LogP contribution is -2.04. The van der Waals surface area contributed by atoms with Gasteiger partial charge >= 0.3 is 0 Å². The zero-order valence-electron chi connectivity index (χ0n) is 18.2. The summed E-state index contributed by atoms with van der Waals surface area (Å²) in [5.41, 5.74) is 9.36. The Balaban J connectivity index is 2.66. The van der Waals surface area contributed by atoms with Gasteiger partial charge in [0.1, 0.15) is 12.1 Å². The summed E-state index contributed by atoms with van der Waals surface area (Å²) in [7, 11) is 4.64. The first kappa shape index (κ1) is 22.9. The molecule has 2 N–H and O–H groups in total. The maximum atomic E-state index is 9.87. The van der Waals surface area contributed by atoms with E-state index in [-0.39, 0.29) is 5.69 Å². The first-order chi connectivity index (χ1) is 14.6. The molecule has 0 saturated carbocycles. The number of hydrogen-bond donors (Lipinski definition) is 1. The molecule has 6 heteroatoms. The van der Waals surface area contributed by atoms with Gasteiger partial charge in [0.2, 0.25) is 5.75 Å². The highest BCUT2D eigenvalue weighted by Crippen LogP contribution is 2.44. The molecule has 6 nitrogen and oxygen atoms in total. The van der Waals surface area contributed by atoms with E-state index in [1.807, 2.05) is 12.1 Å². The van der Waals surface area contributed by atoms with Crippen molar-refractivity contribution >= 4 is 5.69 Å². The molecule has 0 unspecified atom stereocenters. The van der Waals surface area contributed by atoms with Crippen molar-refractivity contribution in [2.75, 3.05) is 27.1 Å². The number of nitriles is 2. The molecular weight excluding hydrogens is 378 g/mol. The molecule has 0 heterocycles. The van der Waals surface area contributed by atoms with E-state index in [0.29, 0.717) is 33.9 Å². The molecule has 2 rings (SSSR count). The van der Waals surface area contributed by atoms with Crippen LogP contribution in [0.5, 0.6) is 17.2 Å². The van der Waals surface area contributed by atoms with Crippen LogP contribution in [-0.2, 0) is 6.42 Å². The van der Waals surface area contributed by atoms with E-state index < -0.39 is 0 Å². The zero-order chi connectivity index (χ0) is 22.1. The highest BCUT2D eigenvalue weighted by molar-refractivity contribution is 5.84. The molecule has 2 aromatic rings. The van der Waals surface area contributed by atoms with E-state index in [2.05, 4.69) is 19.1 Å². The largest absolute Gasteiger partial charge is 0.493 e. The van der Waals surface area contributed by atoms with Gasteiger partial charge in [0.15, 0.2) is 11.5 Å². The molecular formula is C24H29N3O3. The summed E-state index contributed by atoms with van der Waals surface area (Å²) in [6, 6.07) is 9.74. The van der Waals surface area contributed by atoms with Crippen molar-refractivity contribution in [3.05, 3.63) is 34.9 Å². The number of benzene rings is 2. The van der Waals surface area contributed by atoms with Crippen molar-refractivity contribution < 1.29 is 14.2 Å². The summed E-state index contributed by atoms with van der Waals surface area (Å²) in [6.45, 7) is 2.18. The van der Waals surface area contributed by atoms with Gasteiger partial charge < -0.3 is 19.9 Å². The second-order valence-electron chi connectivity index (χ2n) is 7.05. The minimum absolute atomic E-state index is 0.193. The number of nitrogens with zero attached hydrogens (tertiary/aromatic N) is 2. The van der Waals surface area contributed by atoms with Crippen LogP contribution in [0.4, 0.5) is 5.69 Å². The Morgan fingerprint density at radius 2 is 1.50 bits per heavy atom. The third kappa shape index (κ3) is 4.78. The topological polar surface area (TPSA) is 101 Å². The Kier molecular flexibility index (Phi) is 8.38. The van der Waals surface area contributed by atoms with Crippen LogP contribution in [0.2, 0.25) is 0 Å². The SMILES string of the molecule is CCCCCCCc1cc(C#N)c(N)c(C#N)c1-c1cc(OC)c(OC)c(OC)c1. The molecule has 0 spiro atoms. The fourth-order valence-electron chi connectivity index (χ4n) is 3.63. The van der Waals surface area contributed by atoms with Gasteiger partial charge in [-0.3, -0.25) is 0 Å². The Morgan fingerprint density at radius 1 is 0.867 bits per heavy atom. The molecule has 0 radical (unpaired) electrons. The number of ether oxygens (including phenoxy) is 3. The van der Waals surface area contributed by atoms with E-state index in [1.165, 1.54) is 19.3 Å². The lowest BCUT2D eigenvalue weighted by Gasteiger charge is -2.18. The van der Waals surface area contributed by atoms with Gasteiger partial charge in [0, 0.05) is 5.56 Å². The molecule has 0 aliphatic heterocycles. The molecule has 0 aliphatic rings. The van der Waals surface area contributed by atoms with Gasteiger partial charge in [-0.05, 0) is 42.2 Å². The van der Waals surface area contributed by atoms with E-state index in [4.69, 9.17) is 19.9 Å². The predicted molar refractivity (Wildman–Crippen MR) is 118 cm³/mol. The second-order valence-corrected chi connectivity index (χ2v) is 7.05. The molecule has 0 aliphatic carbocycles. The van der Waals surface area contributed by atoms with Crippen LogP contribution in [0.1, 0.15) is 55.7 Å². The molecule has 0 saturated heterocycles. The van der Waals surface area contributed by atoms with Gasteiger partial charge in [-0.25, -0.2) is 0 Å². The first-order valence-corrected chi connectivity index (χ1v) is 10.1. The monoisotopic (exact) mass is 407 g/mol. The van der Waals surface area contributed by atoms with Crippen LogP contribution < -0.4 is 19.9 Å². The minimum atomic E-state index is 0.193. The van der Waals surface area contributed by atoms with E-state index in [1.54, 1.807) is 27.4 Å². The highest BCUT2D eigenvalue weighted by Gasteiger charge is 2.21. The normalized spacial score (nSPS) is 10.2. The Morgan fingerprint density at radius 3 is 2.00 bits per heavy atom. The molecule has 0 bridgehead atoms. The number of unbranched alkanes of at least 4 members (excludes halogenated alkanes) is 4. The molecule has 158 valence electrons. The molecule has 0 amide bonds. The standard InChI is InChI=1S/C24H29N3O3/c1-5-6-7-8-9-10-16-11-18(14-25)23(27)19(15-26)22(16)17-12-20(28-2)24(30-4)21(13-17)29-3/h11-13H,5-10,27H2,1-4H3. The number of hydrogen-bond acceptors (Lipinski definition) is 6. The average Bonchev–Trinajstić information content (AvgIpc) is 2.78. The van der Waals surface area contributed by atoms with Crippen molar-refractivity contribution in [3.63, 3.8) is 0 Å². The number of rotatable bonds is 10. The summed E-state index contributed by atoms with van der Waals surface area (Å²) in [4.78, 5) is 0. The van der Waals surface area contributed by atoms with Crippen LogP contribution in [-0.4, -0.2) is 21.3 Å². The number of methoxy groups -OCH3 is 3. The van der Waals surface area contributed by atoms with Gasteiger partial charge in [-0.15, -0.1) is 0 Å². The molecule has 0 atom stereocenters. The lowest BCUT2D eigenvalue weighted by atomic mass is 9.88. The predicted octanol–water partition coefficient (Wildman–Crippen LogP) is 5.22. The minimum Gasteiger partial charge on any atom is -0.493 e. The highest BCUT2D eigenvalue weighted by atomic mass is 16.5. The van der Waals surface area contributed by atoms with Gasteiger partial charge in [-0.2, -0.15) is 10.5 Å². The van der Waals surface area contributed by atoms with Crippen LogP contribution in [0.15, 0.2) is 18.2 Å². The quantitative estimate of drug-likeness (QED) is 0.428. The number of nitrogens with two attached hydrogens (primary N) is 1. The third-order valence-electron chi connectivity index (χ3n) is 5.18. The lowest BCUT2D eigenvalue weighted by molar-refractivity contribution is 0.324. The van der Waals surface area contributed by atoms with E-state index >= 15 is 0 Å². The molecule has 0 aromatic heterocycles. The summed E-state index contributed by atoms with van der Waals surface area (Å²) < 4.78 is 16.4. The smallest absolute Gasteiger partial charge is 0.203 e. The van der Waals surface area contributed by atoms with Crippen LogP contribution in [0, 0.1) is 22.7 Å². The van der Waals surface area contributed by atoms with Gasteiger partial charge in [-0.1, -0.05) is 32.6 Å². The number of anilines is 1. The summed E-state index contributed by atoms with van der Waals surface area (Å²) >= 11 is 0. The van der Waals surface area contributed by atoms with Crippen molar-refractivity contribution in [1.82, 2.24) is 0 Å². The Hall–Kier alpha value is -3.38. The number of nitrogen functional groups attached to an aromatic ring is 1. The van der Waals surface area contributed by atoms with Crippen LogP contribution in [0.3, 0.4) is 0 Å². The third-order valence-corrected chi connectivity index (χ3v) is 5.18. The van der Waals surface area contributed by atoms with Gasteiger partial charge in [0.05, 0.1) is 38.1 Å². The van der Waals surface area contributed by atoms with Crippen molar-refractivity contribution in [1.29, 1.82) is 10.5 Å². The number of aryl methyl sites for hydroxylation is 1. The fourth-order valence-corrected chi connectivity index (χ4v) is 3.63. The maximum Gasteiger partial charge on any atom is 0.203 e. The molecule has 0 fully saturated rings. The van der Waals surface area contributed by atoms with E-state index in [0.717, 1.165) is 30.4 Å². The van der Waals surface area contributed by atoms with Crippen LogP contribution in [0.25, 0.3) is 11.1 Å². The first-order valence-electron chi connectivity index (χ1n) is 10.1. The van der Waals surface area contributed by atoms with E-state index in [9.17, 15) is 10.5 Å². The summed E-state index contributed by atoms with van der Waals surface area (Å²) in [5.74, 6) is 1.46. The molecule has 30 heavy (non-hydrogen) atoms. The maximum absolute atomic E-state index is 9.87. The van der Waals surface area contributed by atoms with Crippen molar-refractivity contribution in [2.45, 2.75) is 45.4 Å². The molecule has 2 aromatic carbocycles. The van der Waals surface area contributed by atoms with Crippen molar-refractivity contribution in [2.24, 2.45) is 0 Å². The summed E-state index contributed by atoms with van der Waals surface area (Å²) in [5, 5.41) is 19.4. The Bertz CT molecular complexity index is 946. The zero-order valence-corrected chi connectivity index (χ0v) is 18.2. The van der Waals surface area contributed by atoms with Gasteiger partial charge in [0.25, 0.3) is 0 Å². The second kappa shape index (κ2) is 11.0. The average molecular weight is 408 g/mol. The summed E-state index contributed by atoms with van der Waals surface area (Å²) in [6.07, 6.45) is 6.36.